The Kier molecular flexibility index (Phi) is 3.97. The molecule has 1 aliphatic rings. The van der Waals surface area contributed by atoms with Crippen LogP contribution in [0.2, 0.25) is 0 Å². The van der Waals surface area contributed by atoms with Gasteiger partial charge < -0.3 is 10.1 Å². The summed E-state index contributed by atoms with van der Waals surface area (Å²) in [5.41, 5.74) is 1.61. The van der Waals surface area contributed by atoms with Gasteiger partial charge in [-0.3, -0.25) is 14.9 Å². The first-order chi connectivity index (χ1) is 9.52. The lowest BCUT2D eigenvalue weighted by atomic mass is 10.1. The number of nitro benzene ring substituents is 1. The summed E-state index contributed by atoms with van der Waals surface area (Å²) < 4.78 is 0. The quantitative estimate of drug-likeness (QED) is 0.507. The Hall–Kier alpha value is -2.44. The number of hydrogen-bond acceptors (Lipinski definition) is 5. The van der Waals surface area contributed by atoms with Crippen LogP contribution in [0.3, 0.4) is 0 Å². The van der Waals surface area contributed by atoms with E-state index in [1.54, 1.807) is 11.8 Å². The molecule has 1 heterocycles. The normalized spacial score (nSPS) is 15.1. The molecule has 0 spiro atoms. The van der Waals surface area contributed by atoms with Crippen LogP contribution in [0.1, 0.15) is 28.8 Å². The second-order valence-electron chi connectivity index (χ2n) is 4.72. The molecular formula is C13H15N3O4. The molecule has 2 rings (SSSR count). The van der Waals surface area contributed by atoms with Gasteiger partial charge in [0.1, 0.15) is 0 Å². The third kappa shape index (κ3) is 2.76. The van der Waals surface area contributed by atoms with Gasteiger partial charge in [0.2, 0.25) is 0 Å². The summed E-state index contributed by atoms with van der Waals surface area (Å²) in [6.07, 6.45) is 1.10. The molecule has 1 aromatic rings. The van der Waals surface area contributed by atoms with Crippen molar-refractivity contribution in [2.75, 3.05) is 13.1 Å². The van der Waals surface area contributed by atoms with E-state index in [4.69, 9.17) is 5.21 Å². The number of amides is 1. The van der Waals surface area contributed by atoms with E-state index in [-0.39, 0.29) is 11.6 Å². The maximum atomic E-state index is 12.3. The number of aryl methyl sites for hydroxylation is 1. The largest absolute Gasteiger partial charge is 0.411 e. The van der Waals surface area contributed by atoms with Crippen molar-refractivity contribution in [2.24, 2.45) is 5.16 Å². The lowest BCUT2D eigenvalue weighted by Crippen LogP contribution is -2.38. The Bertz CT molecular complexity index is 573. The molecule has 1 N–H and O–H groups in total. The third-order valence-corrected chi connectivity index (χ3v) is 3.41. The molecule has 1 amide bonds. The van der Waals surface area contributed by atoms with Crippen LogP contribution in [0.5, 0.6) is 0 Å². The molecule has 1 aliphatic heterocycles. The van der Waals surface area contributed by atoms with Crippen molar-refractivity contribution in [3.8, 4) is 0 Å². The Morgan fingerprint density at radius 3 is 2.55 bits per heavy atom. The summed E-state index contributed by atoms with van der Waals surface area (Å²) in [5.74, 6) is -0.153. The fourth-order valence-electron chi connectivity index (χ4n) is 2.24. The number of carbonyl (C=O) groups excluding carboxylic acids is 1. The molecule has 0 atom stereocenters. The zero-order chi connectivity index (χ0) is 14.7. The molecule has 0 radical (unpaired) electrons. The third-order valence-electron chi connectivity index (χ3n) is 3.41. The van der Waals surface area contributed by atoms with Crippen LogP contribution in [0.25, 0.3) is 0 Å². The molecule has 7 nitrogen and oxygen atoms in total. The summed E-state index contributed by atoms with van der Waals surface area (Å²) in [6.45, 7) is 2.60. The van der Waals surface area contributed by atoms with Crippen molar-refractivity contribution in [3.05, 3.63) is 39.4 Å². The number of carbonyl (C=O) groups is 1. The number of oxime groups is 1. The first-order valence-corrected chi connectivity index (χ1v) is 6.27. The van der Waals surface area contributed by atoms with E-state index < -0.39 is 4.92 Å². The summed E-state index contributed by atoms with van der Waals surface area (Å²) in [6, 6.07) is 4.37. The van der Waals surface area contributed by atoms with Crippen molar-refractivity contribution >= 4 is 17.3 Å². The highest BCUT2D eigenvalue weighted by molar-refractivity contribution is 5.96. The smallest absolute Gasteiger partial charge is 0.272 e. The SMILES string of the molecule is Cc1cc(C(=O)N2CCC(=NO)CC2)ccc1[N+](=O)[O-]. The molecular weight excluding hydrogens is 262 g/mol. The van der Waals surface area contributed by atoms with Gasteiger partial charge in [0, 0.05) is 43.1 Å². The Labute approximate surface area is 115 Å². The van der Waals surface area contributed by atoms with Crippen LogP contribution in [-0.4, -0.2) is 39.7 Å². The van der Waals surface area contributed by atoms with Gasteiger partial charge >= 0.3 is 0 Å². The minimum Gasteiger partial charge on any atom is -0.411 e. The van der Waals surface area contributed by atoms with Crippen LogP contribution in [-0.2, 0) is 0 Å². The van der Waals surface area contributed by atoms with Gasteiger partial charge in [0.05, 0.1) is 10.6 Å². The Morgan fingerprint density at radius 2 is 2.05 bits per heavy atom. The fraction of sp³-hybridized carbons (Fsp3) is 0.385. The second kappa shape index (κ2) is 5.68. The molecule has 106 valence electrons. The number of rotatable bonds is 2. The molecule has 0 aliphatic carbocycles. The molecule has 0 bridgehead atoms. The van der Waals surface area contributed by atoms with Crippen molar-refractivity contribution in [3.63, 3.8) is 0 Å². The minimum atomic E-state index is -0.464. The molecule has 1 fully saturated rings. The molecule has 1 saturated heterocycles. The zero-order valence-electron chi connectivity index (χ0n) is 11.1. The van der Waals surface area contributed by atoms with Crippen LogP contribution in [0.15, 0.2) is 23.4 Å². The predicted octanol–water partition coefficient (Wildman–Crippen LogP) is 1.97. The van der Waals surface area contributed by atoms with E-state index in [1.807, 2.05) is 0 Å². The highest BCUT2D eigenvalue weighted by Gasteiger charge is 2.22. The first-order valence-electron chi connectivity index (χ1n) is 6.27. The molecule has 20 heavy (non-hydrogen) atoms. The van der Waals surface area contributed by atoms with Gasteiger partial charge in [-0.2, -0.15) is 0 Å². The van der Waals surface area contributed by atoms with Gasteiger partial charge in [0.25, 0.3) is 11.6 Å². The first kappa shape index (κ1) is 14.0. The molecule has 7 heteroatoms. The molecule has 0 saturated carbocycles. The zero-order valence-corrected chi connectivity index (χ0v) is 11.1. The van der Waals surface area contributed by atoms with Gasteiger partial charge in [0.15, 0.2) is 0 Å². The van der Waals surface area contributed by atoms with E-state index in [2.05, 4.69) is 5.16 Å². The second-order valence-corrected chi connectivity index (χ2v) is 4.72. The maximum absolute atomic E-state index is 12.3. The highest BCUT2D eigenvalue weighted by atomic mass is 16.6. The summed E-state index contributed by atoms with van der Waals surface area (Å²) >= 11 is 0. The van der Waals surface area contributed by atoms with Crippen molar-refractivity contribution in [2.45, 2.75) is 19.8 Å². The average Bonchev–Trinajstić information content (AvgIpc) is 2.46. The van der Waals surface area contributed by atoms with Crippen molar-refractivity contribution < 1.29 is 14.9 Å². The standard InChI is InChI=1S/C13H15N3O4/c1-9-8-10(2-3-12(9)16(19)20)13(17)15-6-4-11(14-18)5-7-15/h2-3,8,18H,4-7H2,1H3. The van der Waals surface area contributed by atoms with Crippen LogP contribution >= 0.6 is 0 Å². The van der Waals surface area contributed by atoms with Gasteiger partial charge in [-0.1, -0.05) is 5.16 Å². The Balaban J connectivity index is 2.14. The van der Waals surface area contributed by atoms with Gasteiger partial charge in [-0.05, 0) is 19.1 Å². The lowest BCUT2D eigenvalue weighted by molar-refractivity contribution is -0.385. The average molecular weight is 277 g/mol. The number of nitrogens with zero attached hydrogens (tertiary/aromatic N) is 3. The molecule has 0 aromatic heterocycles. The predicted molar refractivity (Wildman–Crippen MR) is 72.2 cm³/mol. The van der Waals surface area contributed by atoms with Gasteiger partial charge in [-0.25, -0.2) is 0 Å². The van der Waals surface area contributed by atoms with Crippen LogP contribution in [0.4, 0.5) is 5.69 Å². The maximum Gasteiger partial charge on any atom is 0.272 e. The fourth-order valence-corrected chi connectivity index (χ4v) is 2.24. The van der Waals surface area contributed by atoms with Crippen LogP contribution in [0, 0.1) is 17.0 Å². The van der Waals surface area contributed by atoms with E-state index >= 15 is 0 Å². The number of nitro groups is 1. The minimum absolute atomic E-state index is 0.00916. The summed E-state index contributed by atoms with van der Waals surface area (Å²) in [5, 5.41) is 22.6. The van der Waals surface area contributed by atoms with E-state index in [9.17, 15) is 14.9 Å². The Morgan fingerprint density at radius 1 is 1.40 bits per heavy atom. The van der Waals surface area contributed by atoms with Crippen molar-refractivity contribution in [1.82, 2.24) is 4.90 Å². The lowest BCUT2D eigenvalue weighted by Gasteiger charge is -2.27. The molecule has 0 unspecified atom stereocenters. The van der Waals surface area contributed by atoms with E-state index in [0.717, 1.165) is 0 Å². The molecule has 1 aromatic carbocycles. The van der Waals surface area contributed by atoms with E-state index in [0.29, 0.717) is 42.8 Å². The number of piperidine rings is 1. The van der Waals surface area contributed by atoms with Crippen molar-refractivity contribution in [1.29, 1.82) is 0 Å². The monoisotopic (exact) mass is 277 g/mol. The van der Waals surface area contributed by atoms with Gasteiger partial charge in [-0.15, -0.1) is 0 Å². The topological polar surface area (TPSA) is 96.0 Å². The van der Waals surface area contributed by atoms with E-state index in [1.165, 1.54) is 18.2 Å². The number of hydrogen-bond donors (Lipinski definition) is 1. The summed E-state index contributed by atoms with van der Waals surface area (Å²) in [7, 11) is 0. The number of benzene rings is 1. The highest BCUT2D eigenvalue weighted by Crippen LogP contribution is 2.20. The number of likely N-dealkylation sites (tertiary alicyclic amines) is 1. The van der Waals surface area contributed by atoms with Crippen LogP contribution < -0.4 is 0 Å². The summed E-state index contributed by atoms with van der Waals surface area (Å²) in [4.78, 5) is 24.2.